The Morgan fingerprint density at radius 2 is 2.18 bits per heavy atom. The minimum atomic E-state index is -0.937. The van der Waals surface area contributed by atoms with E-state index in [9.17, 15) is 4.79 Å². The summed E-state index contributed by atoms with van der Waals surface area (Å²) in [6.45, 7) is 2.46. The van der Waals surface area contributed by atoms with E-state index in [-0.39, 0.29) is 6.54 Å². The first-order valence-electron chi connectivity index (χ1n) is 6.73. The zero-order valence-corrected chi connectivity index (χ0v) is 13.5. The second-order valence-electron chi connectivity index (χ2n) is 4.90. The van der Waals surface area contributed by atoms with Gasteiger partial charge in [-0.2, -0.15) is 19.6 Å². The lowest BCUT2D eigenvalue weighted by Crippen LogP contribution is -2.38. The molecule has 1 saturated heterocycles. The molecule has 118 valence electrons. The van der Waals surface area contributed by atoms with Crippen molar-refractivity contribution in [3.63, 3.8) is 0 Å². The van der Waals surface area contributed by atoms with Gasteiger partial charge in [0.1, 0.15) is 6.54 Å². The van der Waals surface area contributed by atoms with Crippen molar-refractivity contribution in [1.82, 2.24) is 19.6 Å². The molecule has 1 aliphatic rings. The van der Waals surface area contributed by atoms with Crippen LogP contribution in [-0.2, 0) is 9.53 Å². The number of fused-ring (bicyclic) bond motifs is 1. The highest BCUT2D eigenvalue weighted by atomic mass is 79.9. The van der Waals surface area contributed by atoms with Crippen molar-refractivity contribution in [3.05, 3.63) is 10.7 Å². The highest BCUT2D eigenvalue weighted by Crippen LogP contribution is 2.23. The third-order valence-electron chi connectivity index (χ3n) is 3.30. The standard InChI is InChI=1S/C12H15BrN6O3/c1-17(7-9(20)21)12-16-11(18-2-4-22-5-3-18)15-10-8(13)6-14-19(10)12/h6H,2-5,7H2,1H3,(H,20,21). The van der Waals surface area contributed by atoms with Gasteiger partial charge in [0.25, 0.3) is 0 Å². The first-order chi connectivity index (χ1) is 10.6. The molecule has 0 aromatic carbocycles. The number of halogens is 1. The van der Waals surface area contributed by atoms with Gasteiger partial charge in [-0.1, -0.05) is 0 Å². The van der Waals surface area contributed by atoms with E-state index in [1.54, 1.807) is 13.2 Å². The van der Waals surface area contributed by atoms with Gasteiger partial charge in [-0.25, -0.2) is 0 Å². The maximum atomic E-state index is 11.0. The fraction of sp³-hybridized carbons (Fsp3) is 0.500. The van der Waals surface area contributed by atoms with E-state index in [4.69, 9.17) is 9.84 Å². The van der Waals surface area contributed by atoms with Crippen molar-refractivity contribution >= 4 is 39.4 Å². The summed E-state index contributed by atoms with van der Waals surface area (Å²) >= 11 is 3.41. The van der Waals surface area contributed by atoms with Crippen LogP contribution in [0.4, 0.5) is 11.9 Å². The van der Waals surface area contributed by atoms with Crippen LogP contribution in [0.15, 0.2) is 10.7 Å². The Bertz CT molecular complexity index is 699. The molecule has 0 atom stereocenters. The van der Waals surface area contributed by atoms with Gasteiger partial charge in [-0.05, 0) is 15.9 Å². The fourth-order valence-electron chi connectivity index (χ4n) is 2.25. The number of hydrogen-bond acceptors (Lipinski definition) is 7. The molecule has 3 heterocycles. The summed E-state index contributed by atoms with van der Waals surface area (Å²) in [7, 11) is 1.66. The summed E-state index contributed by atoms with van der Waals surface area (Å²) in [6.07, 6.45) is 1.62. The molecule has 1 N–H and O–H groups in total. The SMILES string of the molecule is CN(CC(=O)O)c1nc(N2CCOCC2)nc2c(Br)cnn12. The molecular formula is C12H15BrN6O3. The topological polar surface area (TPSA) is 96.1 Å². The quantitative estimate of drug-likeness (QED) is 0.817. The minimum absolute atomic E-state index is 0.174. The molecule has 9 nitrogen and oxygen atoms in total. The Morgan fingerprint density at radius 3 is 2.86 bits per heavy atom. The predicted molar refractivity (Wildman–Crippen MR) is 82.4 cm³/mol. The van der Waals surface area contributed by atoms with Gasteiger partial charge in [0.2, 0.25) is 11.9 Å². The number of ether oxygens (including phenoxy) is 1. The molecule has 0 bridgehead atoms. The van der Waals surface area contributed by atoms with Crippen LogP contribution in [0.2, 0.25) is 0 Å². The molecular weight excluding hydrogens is 356 g/mol. The van der Waals surface area contributed by atoms with E-state index in [1.807, 2.05) is 4.90 Å². The van der Waals surface area contributed by atoms with E-state index in [0.717, 1.165) is 4.47 Å². The molecule has 22 heavy (non-hydrogen) atoms. The maximum Gasteiger partial charge on any atom is 0.323 e. The number of anilines is 2. The molecule has 2 aromatic rings. The van der Waals surface area contributed by atoms with Crippen LogP contribution >= 0.6 is 15.9 Å². The van der Waals surface area contributed by atoms with Crippen LogP contribution in [0.1, 0.15) is 0 Å². The van der Waals surface area contributed by atoms with Crippen molar-refractivity contribution in [3.8, 4) is 0 Å². The van der Waals surface area contributed by atoms with E-state index < -0.39 is 5.97 Å². The highest BCUT2D eigenvalue weighted by molar-refractivity contribution is 9.10. The third-order valence-corrected chi connectivity index (χ3v) is 3.86. The number of rotatable bonds is 4. The summed E-state index contributed by atoms with van der Waals surface area (Å²) in [4.78, 5) is 23.5. The Kier molecular flexibility index (Phi) is 4.12. The van der Waals surface area contributed by atoms with Gasteiger partial charge in [0.15, 0.2) is 5.65 Å². The lowest BCUT2D eigenvalue weighted by molar-refractivity contribution is -0.135. The molecule has 0 amide bonds. The Morgan fingerprint density at radius 1 is 1.45 bits per heavy atom. The molecule has 1 fully saturated rings. The summed E-state index contributed by atoms with van der Waals surface area (Å²) < 4.78 is 7.59. The Balaban J connectivity index is 2.06. The number of likely N-dealkylation sites (N-methyl/N-ethyl adjacent to an activating group) is 1. The van der Waals surface area contributed by atoms with Gasteiger partial charge >= 0.3 is 5.97 Å². The van der Waals surface area contributed by atoms with Gasteiger partial charge in [0, 0.05) is 20.1 Å². The zero-order chi connectivity index (χ0) is 15.7. The molecule has 3 rings (SSSR count). The average Bonchev–Trinajstić information content (AvgIpc) is 2.88. The monoisotopic (exact) mass is 370 g/mol. The van der Waals surface area contributed by atoms with Crippen LogP contribution in [0.5, 0.6) is 0 Å². The largest absolute Gasteiger partial charge is 0.480 e. The smallest absolute Gasteiger partial charge is 0.323 e. The zero-order valence-electron chi connectivity index (χ0n) is 11.9. The number of carboxylic acids is 1. The summed E-state index contributed by atoms with van der Waals surface area (Å²) in [6, 6.07) is 0. The first-order valence-corrected chi connectivity index (χ1v) is 7.52. The van der Waals surface area contributed by atoms with E-state index >= 15 is 0 Å². The van der Waals surface area contributed by atoms with E-state index in [0.29, 0.717) is 43.8 Å². The molecule has 0 saturated carbocycles. The van der Waals surface area contributed by atoms with Crippen molar-refractivity contribution in [2.75, 3.05) is 49.7 Å². The Hall–Kier alpha value is -1.94. The summed E-state index contributed by atoms with van der Waals surface area (Å²) in [5.74, 6) is 0.0391. The van der Waals surface area contributed by atoms with Crippen LogP contribution in [0.25, 0.3) is 5.65 Å². The normalized spacial score (nSPS) is 15.3. The number of aromatic nitrogens is 4. The number of hydrogen-bond donors (Lipinski definition) is 1. The van der Waals surface area contributed by atoms with E-state index in [1.165, 1.54) is 9.42 Å². The molecule has 10 heteroatoms. The second-order valence-corrected chi connectivity index (χ2v) is 5.76. The second kappa shape index (κ2) is 6.05. The summed E-state index contributed by atoms with van der Waals surface area (Å²) in [5, 5.41) is 13.2. The number of morpholine rings is 1. The van der Waals surface area contributed by atoms with Crippen molar-refractivity contribution in [1.29, 1.82) is 0 Å². The van der Waals surface area contributed by atoms with Crippen LogP contribution in [0, 0.1) is 0 Å². The van der Waals surface area contributed by atoms with Gasteiger partial charge in [-0.3, -0.25) is 4.79 Å². The predicted octanol–water partition coefficient (Wildman–Crippen LogP) is 0.244. The molecule has 0 radical (unpaired) electrons. The Labute approximate surface area is 134 Å². The third kappa shape index (κ3) is 2.83. The lowest BCUT2D eigenvalue weighted by Gasteiger charge is -2.27. The molecule has 0 spiro atoms. The molecule has 1 aliphatic heterocycles. The van der Waals surface area contributed by atoms with Gasteiger partial charge in [0.05, 0.1) is 23.9 Å². The number of aliphatic carboxylic acids is 1. The average molecular weight is 371 g/mol. The van der Waals surface area contributed by atoms with Crippen LogP contribution in [0.3, 0.4) is 0 Å². The summed E-state index contributed by atoms with van der Waals surface area (Å²) in [5.41, 5.74) is 0.601. The highest BCUT2D eigenvalue weighted by Gasteiger charge is 2.20. The number of carboxylic acid groups (broad SMARTS) is 1. The minimum Gasteiger partial charge on any atom is -0.480 e. The molecule has 0 unspecified atom stereocenters. The number of nitrogens with zero attached hydrogens (tertiary/aromatic N) is 6. The van der Waals surface area contributed by atoms with Crippen molar-refractivity contribution in [2.24, 2.45) is 0 Å². The molecule has 2 aromatic heterocycles. The van der Waals surface area contributed by atoms with Crippen molar-refractivity contribution < 1.29 is 14.6 Å². The molecule has 0 aliphatic carbocycles. The van der Waals surface area contributed by atoms with Gasteiger partial charge in [-0.15, -0.1) is 0 Å². The number of carbonyl (C=O) groups is 1. The van der Waals surface area contributed by atoms with E-state index in [2.05, 4.69) is 31.0 Å². The lowest BCUT2D eigenvalue weighted by atomic mass is 10.4. The first kappa shape index (κ1) is 15.0. The van der Waals surface area contributed by atoms with Crippen LogP contribution < -0.4 is 9.80 Å². The van der Waals surface area contributed by atoms with Crippen LogP contribution in [-0.4, -0.2) is 70.6 Å². The van der Waals surface area contributed by atoms with Gasteiger partial charge < -0.3 is 19.6 Å². The van der Waals surface area contributed by atoms with Crippen molar-refractivity contribution in [2.45, 2.75) is 0 Å². The maximum absolute atomic E-state index is 11.0. The fourth-order valence-corrected chi connectivity index (χ4v) is 2.60.